The molecule has 4 aromatic rings. The van der Waals surface area contributed by atoms with Gasteiger partial charge in [-0.05, 0) is 62.4 Å². The molecule has 0 bridgehead atoms. The Morgan fingerprint density at radius 3 is 1.08 bits per heavy atom. The van der Waals surface area contributed by atoms with Crippen LogP contribution in [0, 0.1) is 0 Å². The number of hydrogen-bond acceptors (Lipinski definition) is 6. The third-order valence-electron chi connectivity index (χ3n) is 4.36. The minimum atomic E-state index is -0.315. The number of hydrogen-bond donors (Lipinski definition) is 6. The molecular formula is C30H34N2O6Ti. The third kappa shape index (κ3) is 14.0. The van der Waals surface area contributed by atoms with E-state index >= 15 is 0 Å². The van der Waals surface area contributed by atoms with E-state index in [4.69, 9.17) is 10.2 Å². The summed E-state index contributed by atoms with van der Waals surface area (Å²) in [5, 5.41) is 39.5. The van der Waals surface area contributed by atoms with Crippen LogP contribution in [0.25, 0.3) is 0 Å². The van der Waals surface area contributed by atoms with E-state index in [9.17, 15) is 19.8 Å². The Kier molecular flexibility index (Phi) is 18.9. The van der Waals surface area contributed by atoms with Crippen molar-refractivity contribution in [3.05, 3.63) is 120 Å². The second-order valence-electron chi connectivity index (χ2n) is 7.31. The summed E-state index contributed by atoms with van der Waals surface area (Å²) in [6.07, 6.45) is 0. The Morgan fingerprint density at radius 2 is 0.795 bits per heavy atom. The summed E-state index contributed by atoms with van der Waals surface area (Å²) >= 11 is 0. The first kappa shape index (κ1) is 35.1. The number of carbonyl (C=O) groups is 2. The zero-order valence-electron chi connectivity index (χ0n) is 21.9. The number of amides is 2. The van der Waals surface area contributed by atoms with Crippen molar-refractivity contribution in [3.63, 3.8) is 0 Å². The van der Waals surface area contributed by atoms with Crippen molar-refractivity contribution in [1.29, 1.82) is 0 Å². The van der Waals surface area contributed by atoms with Gasteiger partial charge in [0.1, 0.15) is 11.5 Å². The SMILES string of the molecule is CCO.CCO.O=C(Nc1ccccc1)c1ccccc1O.O=C(Nc1ccccc1)c1ccccc1O.[Ti]. The Balaban J connectivity index is 0.000000604. The summed E-state index contributed by atoms with van der Waals surface area (Å²) in [6, 6.07) is 31.1. The molecule has 39 heavy (non-hydrogen) atoms. The summed E-state index contributed by atoms with van der Waals surface area (Å²) < 4.78 is 0. The largest absolute Gasteiger partial charge is 0.507 e. The molecule has 4 aromatic carbocycles. The van der Waals surface area contributed by atoms with Gasteiger partial charge in [-0.3, -0.25) is 9.59 Å². The number of phenolic OH excluding ortho intramolecular Hbond substituents is 2. The molecule has 0 spiro atoms. The Labute approximate surface area is 243 Å². The van der Waals surface area contributed by atoms with Crippen LogP contribution in [0.15, 0.2) is 109 Å². The molecule has 4 rings (SSSR count). The van der Waals surface area contributed by atoms with Crippen molar-refractivity contribution in [2.75, 3.05) is 23.8 Å². The van der Waals surface area contributed by atoms with E-state index in [0.717, 1.165) is 0 Å². The second-order valence-corrected chi connectivity index (χ2v) is 7.31. The fraction of sp³-hybridized carbons (Fsp3) is 0.133. The van der Waals surface area contributed by atoms with Crippen molar-refractivity contribution in [2.24, 2.45) is 0 Å². The molecule has 2 amide bonds. The molecule has 204 valence electrons. The molecule has 0 unspecified atom stereocenters. The number of carbonyl (C=O) groups excluding carboxylic acids is 2. The molecule has 0 saturated carbocycles. The first-order valence-electron chi connectivity index (χ1n) is 11.9. The molecule has 0 saturated heterocycles. The van der Waals surface area contributed by atoms with Crippen LogP contribution in [0.1, 0.15) is 34.6 Å². The zero-order chi connectivity index (χ0) is 28.2. The fourth-order valence-electron chi connectivity index (χ4n) is 2.77. The number of para-hydroxylation sites is 4. The molecule has 0 radical (unpaired) electrons. The molecule has 0 aliphatic heterocycles. The van der Waals surface area contributed by atoms with E-state index in [0.29, 0.717) is 11.4 Å². The van der Waals surface area contributed by atoms with Gasteiger partial charge in [0, 0.05) is 46.3 Å². The summed E-state index contributed by atoms with van der Waals surface area (Å²) in [6.45, 7) is 3.86. The van der Waals surface area contributed by atoms with Gasteiger partial charge in [0.15, 0.2) is 0 Å². The molecule has 0 heterocycles. The van der Waals surface area contributed by atoms with Gasteiger partial charge in [-0.25, -0.2) is 0 Å². The Morgan fingerprint density at radius 1 is 0.538 bits per heavy atom. The number of phenols is 2. The van der Waals surface area contributed by atoms with Crippen LogP contribution in [-0.2, 0) is 21.7 Å². The van der Waals surface area contributed by atoms with E-state index in [2.05, 4.69) is 10.6 Å². The molecule has 0 fully saturated rings. The number of nitrogens with one attached hydrogen (secondary N) is 2. The summed E-state index contributed by atoms with van der Waals surface area (Å²) in [4.78, 5) is 23.5. The van der Waals surface area contributed by atoms with E-state index < -0.39 is 0 Å². The summed E-state index contributed by atoms with van der Waals surface area (Å²) in [7, 11) is 0. The Bertz CT molecular complexity index is 1130. The summed E-state index contributed by atoms with van der Waals surface area (Å²) in [5.41, 5.74) is 1.95. The number of benzene rings is 4. The average Bonchev–Trinajstić information content (AvgIpc) is 2.91. The van der Waals surface area contributed by atoms with Gasteiger partial charge < -0.3 is 31.1 Å². The Hall–Kier alpha value is -3.95. The molecule has 0 aromatic heterocycles. The van der Waals surface area contributed by atoms with Crippen molar-refractivity contribution >= 4 is 23.2 Å². The van der Waals surface area contributed by atoms with Gasteiger partial charge in [0.2, 0.25) is 0 Å². The number of aliphatic hydroxyl groups excluding tert-OH is 2. The van der Waals surface area contributed by atoms with Gasteiger partial charge >= 0.3 is 0 Å². The molecule has 8 nitrogen and oxygen atoms in total. The monoisotopic (exact) mass is 566 g/mol. The number of aromatic hydroxyl groups is 2. The van der Waals surface area contributed by atoms with Crippen molar-refractivity contribution < 1.29 is 51.7 Å². The van der Waals surface area contributed by atoms with Gasteiger partial charge in [-0.1, -0.05) is 60.7 Å². The maximum Gasteiger partial charge on any atom is 0.259 e. The first-order chi connectivity index (χ1) is 18.4. The molecule has 0 aliphatic carbocycles. The van der Waals surface area contributed by atoms with Crippen LogP contribution < -0.4 is 10.6 Å². The van der Waals surface area contributed by atoms with E-state index in [-0.39, 0.29) is 69.4 Å². The smallest absolute Gasteiger partial charge is 0.259 e. The normalized spacial score (nSPS) is 8.92. The molecule has 0 aliphatic rings. The van der Waals surface area contributed by atoms with Crippen molar-refractivity contribution in [1.82, 2.24) is 0 Å². The maximum absolute atomic E-state index is 11.8. The third-order valence-corrected chi connectivity index (χ3v) is 4.36. The summed E-state index contributed by atoms with van der Waals surface area (Å²) in [5.74, 6) is -0.666. The van der Waals surface area contributed by atoms with E-state index in [1.807, 2.05) is 36.4 Å². The van der Waals surface area contributed by atoms with Gasteiger partial charge in [-0.15, -0.1) is 0 Å². The zero-order valence-corrected chi connectivity index (χ0v) is 23.5. The van der Waals surface area contributed by atoms with E-state index in [1.165, 1.54) is 12.1 Å². The number of aliphatic hydroxyl groups is 2. The van der Waals surface area contributed by atoms with E-state index in [1.54, 1.807) is 74.5 Å². The number of rotatable bonds is 4. The minimum Gasteiger partial charge on any atom is -0.507 e. The second kappa shape index (κ2) is 21.0. The minimum absolute atomic E-state index is 0. The maximum atomic E-state index is 11.8. The first-order valence-corrected chi connectivity index (χ1v) is 11.9. The van der Waals surface area contributed by atoms with Crippen LogP contribution in [-0.4, -0.2) is 45.5 Å². The van der Waals surface area contributed by atoms with Gasteiger partial charge in [0.05, 0.1) is 11.1 Å². The molecule has 0 atom stereocenters. The van der Waals surface area contributed by atoms with Gasteiger partial charge in [0.25, 0.3) is 11.8 Å². The topological polar surface area (TPSA) is 139 Å². The quantitative estimate of drug-likeness (QED) is 0.186. The van der Waals surface area contributed by atoms with Crippen LogP contribution >= 0.6 is 0 Å². The fourth-order valence-corrected chi connectivity index (χ4v) is 2.77. The van der Waals surface area contributed by atoms with Gasteiger partial charge in [-0.2, -0.15) is 0 Å². The molecule has 6 N–H and O–H groups in total. The van der Waals surface area contributed by atoms with Crippen LogP contribution in [0.3, 0.4) is 0 Å². The number of anilines is 2. The predicted octanol–water partition coefficient (Wildman–Crippen LogP) is 5.28. The molecule has 9 heteroatoms. The van der Waals surface area contributed by atoms with Crippen LogP contribution in [0.4, 0.5) is 11.4 Å². The van der Waals surface area contributed by atoms with Crippen molar-refractivity contribution in [3.8, 4) is 11.5 Å². The van der Waals surface area contributed by atoms with Crippen LogP contribution in [0.5, 0.6) is 11.5 Å². The van der Waals surface area contributed by atoms with Crippen LogP contribution in [0.2, 0.25) is 0 Å². The van der Waals surface area contributed by atoms with Crippen molar-refractivity contribution in [2.45, 2.75) is 13.8 Å². The predicted molar refractivity (Wildman–Crippen MR) is 151 cm³/mol. The molecular weight excluding hydrogens is 532 g/mol. The standard InChI is InChI=1S/2C13H11NO2.2C2H6O.Ti/c2*15-12-9-5-4-8-11(12)13(16)14-10-6-2-1-3-7-10;2*1-2-3;/h2*1-9,15H,(H,14,16);2*3H,2H2,1H3;. The average molecular weight is 566 g/mol.